The van der Waals surface area contributed by atoms with E-state index >= 15 is 0 Å². The lowest BCUT2D eigenvalue weighted by Gasteiger charge is -2.08. The molecule has 0 aromatic carbocycles. The summed E-state index contributed by atoms with van der Waals surface area (Å²) in [6.07, 6.45) is 0. The van der Waals surface area contributed by atoms with Crippen LogP contribution in [0, 0.1) is 0 Å². The van der Waals surface area contributed by atoms with Crippen LogP contribution in [0.2, 0.25) is 0 Å². The Morgan fingerprint density at radius 1 is 1.62 bits per heavy atom. The number of nitrogens with two attached hydrogens (primary N) is 1. The number of hydrogen-bond donors (Lipinski definition) is 2. The van der Waals surface area contributed by atoms with Crippen LogP contribution in [0.3, 0.4) is 0 Å². The molecule has 0 aliphatic heterocycles. The molecule has 0 aliphatic carbocycles. The first-order valence-corrected chi connectivity index (χ1v) is 5.44. The van der Waals surface area contributed by atoms with E-state index in [1.54, 1.807) is 11.6 Å². The molecular formula is C8H16ClN5OS. The summed E-state index contributed by atoms with van der Waals surface area (Å²) in [5.74, 6) is 0.680. The predicted octanol–water partition coefficient (Wildman–Crippen LogP) is -0.0778. The summed E-state index contributed by atoms with van der Waals surface area (Å²) in [4.78, 5) is 11.3. The maximum Gasteiger partial charge on any atom is 0.233 e. The molecule has 0 aliphatic rings. The maximum absolute atomic E-state index is 11.3. The molecular weight excluding hydrogens is 250 g/mol. The second-order valence-corrected chi connectivity index (χ2v) is 4.34. The van der Waals surface area contributed by atoms with Crippen LogP contribution in [-0.2, 0) is 18.4 Å². The lowest BCUT2D eigenvalue weighted by molar-refractivity contribution is -0.119. The highest BCUT2D eigenvalue weighted by atomic mass is 35.5. The highest BCUT2D eigenvalue weighted by Crippen LogP contribution is 2.20. The van der Waals surface area contributed by atoms with Crippen LogP contribution >= 0.6 is 24.2 Å². The molecule has 0 bridgehead atoms. The average Bonchev–Trinajstić information content (AvgIpc) is 2.58. The Hall–Kier alpha value is -0.790. The second kappa shape index (κ2) is 6.72. The third kappa shape index (κ3) is 3.36. The molecule has 1 aromatic heterocycles. The summed E-state index contributed by atoms with van der Waals surface area (Å²) < 4.78 is 1.80. The zero-order valence-corrected chi connectivity index (χ0v) is 11.1. The van der Waals surface area contributed by atoms with E-state index in [4.69, 9.17) is 5.73 Å². The zero-order valence-electron chi connectivity index (χ0n) is 9.43. The third-order valence-corrected chi connectivity index (χ3v) is 3.14. The minimum absolute atomic E-state index is 0. The van der Waals surface area contributed by atoms with E-state index in [9.17, 15) is 4.79 Å². The number of aromatic nitrogens is 3. The van der Waals surface area contributed by atoms with Crippen LogP contribution < -0.4 is 11.1 Å². The number of nitrogens with zero attached hydrogens (tertiary/aromatic N) is 3. The fourth-order valence-corrected chi connectivity index (χ4v) is 1.93. The van der Waals surface area contributed by atoms with Gasteiger partial charge in [-0.3, -0.25) is 4.79 Å². The summed E-state index contributed by atoms with van der Waals surface area (Å²) in [6, 6.07) is 0. The minimum Gasteiger partial charge on any atom is -0.358 e. The van der Waals surface area contributed by atoms with Crippen molar-refractivity contribution in [1.29, 1.82) is 0 Å². The highest BCUT2D eigenvalue weighted by Gasteiger charge is 2.16. The monoisotopic (exact) mass is 265 g/mol. The van der Waals surface area contributed by atoms with E-state index in [1.165, 1.54) is 11.8 Å². The van der Waals surface area contributed by atoms with Gasteiger partial charge >= 0.3 is 0 Å². The molecule has 1 rings (SSSR count). The minimum atomic E-state index is -0.191. The van der Waals surface area contributed by atoms with Gasteiger partial charge in [0.2, 0.25) is 5.91 Å². The number of halogens is 1. The summed E-state index contributed by atoms with van der Waals surface area (Å²) in [5.41, 5.74) is 5.47. The van der Waals surface area contributed by atoms with Gasteiger partial charge in [0.05, 0.1) is 11.8 Å². The van der Waals surface area contributed by atoms with E-state index in [1.807, 2.05) is 14.0 Å². The van der Waals surface area contributed by atoms with Crippen molar-refractivity contribution in [2.45, 2.75) is 23.9 Å². The molecule has 8 heteroatoms. The Morgan fingerprint density at radius 2 is 2.25 bits per heavy atom. The Morgan fingerprint density at radius 3 is 2.69 bits per heavy atom. The van der Waals surface area contributed by atoms with Gasteiger partial charge in [0, 0.05) is 14.1 Å². The SMILES string of the molecule is CNC(=O)C(C)Sc1nnc(CN)n1C.Cl. The van der Waals surface area contributed by atoms with E-state index in [2.05, 4.69) is 15.5 Å². The summed E-state index contributed by atoms with van der Waals surface area (Å²) >= 11 is 1.36. The smallest absolute Gasteiger partial charge is 0.233 e. The third-order valence-electron chi connectivity index (χ3n) is 2.01. The van der Waals surface area contributed by atoms with Gasteiger partial charge in [0.1, 0.15) is 5.82 Å². The van der Waals surface area contributed by atoms with Gasteiger partial charge in [-0.2, -0.15) is 0 Å². The lowest BCUT2D eigenvalue weighted by Crippen LogP contribution is -2.27. The number of hydrogen-bond acceptors (Lipinski definition) is 5. The van der Waals surface area contributed by atoms with E-state index in [0.29, 0.717) is 17.5 Å². The molecule has 1 aromatic rings. The van der Waals surface area contributed by atoms with Crippen molar-refractivity contribution in [3.63, 3.8) is 0 Å². The van der Waals surface area contributed by atoms with Crippen molar-refractivity contribution in [2.75, 3.05) is 7.05 Å². The van der Waals surface area contributed by atoms with Crippen LogP contribution in [0.15, 0.2) is 5.16 Å². The van der Waals surface area contributed by atoms with E-state index < -0.39 is 0 Å². The molecule has 0 radical (unpaired) electrons. The topological polar surface area (TPSA) is 85.8 Å². The van der Waals surface area contributed by atoms with Gasteiger partial charge in [-0.15, -0.1) is 22.6 Å². The second-order valence-electron chi connectivity index (χ2n) is 3.04. The number of nitrogens with one attached hydrogen (secondary N) is 1. The van der Waals surface area contributed by atoms with Crippen molar-refractivity contribution in [2.24, 2.45) is 12.8 Å². The summed E-state index contributed by atoms with van der Waals surface area (Å²) in [7, 11) is 3.45. The fraction of sp³-hybridized carbons (Fsp3) is 0.625. The van der Waals surface area contributed by atoms with Crippen molar-refractivity contribution in [3.8, 4) is 0 Å². The number of amides is 1. The molecule has 0 fully saturated rings. The van der Waals surface area contributed by atoms with E-state index in [-0.39, 0.29) is 23.6 Å². The lowest BCUT2D eigenvalue weighted by atomic mass is 10.4. The van der Waals surface area contributed by atoms with E-state index in [0.717, 1.165) is 0 Å². The standard InChI is InChI=1S/C8H15N5OS.ClH/c1-5(7(14)10-2)15-8-12-11-6(4-9)13(8)3;/h5H,4,9H2,1-3H3,(H,10,14);1H. The Labute approximate surface area is 105 Å². The quantitative estimate of drug-likeness (QED) is 0.744. The van der Waals surface area contributed by atoms with Crippen molar-refractivity contribution < 1.29 is 4.79 Å². The van der Waals surface area contributed by atoms with Gasteiger partial charge in [0.15, 0.2) is 5.16 Å². The maximum atomic E-state index is 11.3. The van der Waals surface area contributed by atoms with Gasteiger partial charge in [-0.25, -0.2) is 0 Å². The molecule has 1 amide bonds. The van der Waals surface area contributed by atoms with Crippen molar-refractivity contribution in [3.05, 3.63) is 5.82 Å². The summed E-state index contributed by atoms with van der Waals surface area (Å²) in [5, 5.41) is 11.0. The number of thioether (sulfide) groups is 1. The molecule has 6 nitrogen and oxygen atoms in total. The molecule has 0 spiro atoms. The van der Waals surface area contributed by atoms with Crippen LogP contribution in [0.1, 0.15) is 12.7 Å². The zero-order chi connectivity index (χ0) is 11.4. The number of carbonyl (C=O) groups is 1. The molecule has 1 heterocycles. The summed E-state index contributed by atoms with van der Waals surface area (Å²) in [6.45, 7) is 2.17. The van der Waals surface area contributed by atoms with Crippen LogP contribution in [0.5, 0.6) is 0 Å². The highest BCUT2D eigenvalue weighted by molar-refractivity contribution is 8.00. The Balaban J connectivity index is 0.00000225. The molecule has 3 N–H and O–H groups in total. The van der Waals surface area contributed by atoms with Crippen molar-refractivity contribution in [1.82, 2.24) is 20.1 Å². The average molecular weight is 266 g/mol. The molecule has 16 heavy (non-hydrogen) atoms. The molecule has 0 saturated carbocycles. The molecule has 0 saturated heterocycles. The van der Waals surface area contributed by atoms with Crippen LogP contribution in [-0.4, -0.2) is 33.0 Å². The molecule has 92 valence electrons. The molecule has 1 unspecified atom stereocenters. The van der Waals surface area contributed by atoms with Crippen LogP contribution in [0.25, 0.3) is 0 Å². The van der Waals surface area contributed by atoms with Gasteiger partial charge in [-0.05, 0) is 6.92 Å². The number of carbonyl (C=O) groups excluding carboxylic acids is 1. The van der Waals surface area contributed by atoms with Crippen LogP contribution in [0.4, 0.5) is 0 Å². The van der Waals surface area contributed by atoms with Gasteiger partial charge in [0.25, 0.3) is 0 Å². The first-order valence-electron chi connectivity index (χ1n) is 4.56. The first-order chi connectivity index (χ1) is 7.10. The Kier molecular flexibility index (Phi) is 6.39. The Bertz CT molecular complexity index is 356. The first kappa shape index (κ1) is 15.2. The largest absolute Gasteiger partial charge is 0.358 e. The number of rotatable bonds is 4. The molecule has 1 atom stereocenters. The predicted molar refractivity (Wildman–Crippen MR) is 65.5 cm³/mol. The fourth-order valence-electron chi connectivity index (χ4n) is 1.04. The normalized spacial score (nSPS) is 11.8. The van der Waals surface area contributed by atoms with Crippen molar-refractivity contribution >= 4 is 30.1 Å². The van der Waals surface area contributed by atoms with Gasteiger partial charge < -0.3 is 15.6 Å². The van der Waals surface area contributed by atoms with Gasteiger partial charge in [-0.1, -0.05) is 11.8 Å².